The Morgan fingerprint density at radius 2 is 2.00 bits per heavy atom. The molecule has 0 saturated carbocycles. The number of hydrogen-bond acceptors (Lipinski definition) is 5. The highest BCUT2D eigenvalue weighted by Crippen LogP contribution is 2.41. The van der Waals surface area contributed by atoms with E-state index in [0.29, 0.717) is 18.9 Å². The zero-order valence-corrected chi connectivity index (χ0v) is 12.3. The molecule has 8 heteroatoms. The lowest BCUT2D eigenvalue weighted by Crippen LogP contribution is -2.59. The van der Waals surface area contributed by atoms with E-state index in [1.807, 2.05) is 30.3 Å². The number of carbonyl (C=O) groups excluding carboxylic acids is 1. The van der Waals surface area contributed by atoms with Crippen LogP contribution in [0.3, 0.4) is 0 Å². The summed E-state index contributed by atoms with van der Waals surface area (Å²) in [5.74, 6) is 0. The number of nitrogens with zero attached hydrogens (tertiary/aromatic N) is 1. The standard InChI is InChI=1S/C14H19BN2O5/c18-14(16-12-4-2-1-3-5-12)19-11-13-10-17-6-8-20-15(17,22-13)21-9-7-17/h1-5,13H,6-11H2,(H,16,18)/t13-,15?,17?/m0/s1. The lowest BCUT2D eigenvalue weighted by Gasteiger charge is -2.37. The maximum Gasteiger partial charge on any atom is 0.625 e. The molecule has 0 aliphatic carbocycles. The van der Waals surface area contributed by atoms with Crippen LogP contribution in [0.25, 0.3) is 0 Å². The molecule has 4 rings (SSSR count). The van der Waals surface area contributed by atoms with Gasteiger partial charge in [-0.2, -0.15) is 0 Å². The van der Waals surface area contributed by atoms with E-state index in [4.69, 9.17) is 18.7 Å². The molecule has 22 heavy (non-hydrogen) atoms. The highest BCUT2D eigenvalue weighted by Gasteiger charge is 2.66. The molecule has 1 aromatic rings. The fourth-order valence-corrected chi connectivity index (χ4v) is 3.71. The van der Waals surface area contributed by atoms with Crippen LogP contribution in [0.4, 0.5) is 10.5 Å². The summed E-state index contributed by atoms with van der Waals surface area (Å²) in [5.41, 5.74) is 0.706. The molecule has 3 aliphatic rings. The van der Waals surface area contributed by atoms with Crippen molar-refractivity contribution in [1.82, 2.24) is 0 Å². The molecule has 1 N–H and O–H groups in total. The van der Waals surface area contributed by atoms with Crippen LogP contribution in [0.2, 0.25) is 0 Å². The maximum absolute atomic E-state index is 11.8. The molecule has 0 bridgehead atoms. The molecular weight excluding hydrogens is 287 g/mol. The van der Waals surface area contributed by atoms with E-state index in [1.54, 1.807) is 0 Å². The highest BCUT2D eigenvalue weighted by atomic mass is 16.8. The quantitative estimate of drug-likeness (QED) is 0.842. The molecule has 1 atom stereocenters. The molecular formula is C14H19BN2O5. The van der Waals surface area contributed by atoms with Crippen LogP contribution >= 0.6 is 0 Å². The highest BCUT2D eigenvalue weighted by molar-refractivity contribution is 6.54. The molecule has 0 unspecified atom stereocenters. The smallest absolute Gasteiger partial charge is 0.481 e. The van der Waals surface area contributed by atoms with Gasteiger partial charge in [0.2, 0.25) is 0 Å². The van der Waals surface area contributed by atoms with Crippen molar-refractivity contribution >= 4 is 18.7 Å². The van der Waals surface area contributed by atoms with E-state index in [2.05, 4.69) is 5.32 Å². The monoisotopic (exact) mass is 306 g/mol. The van der Waals surface area contributed by atoms with E-state index >= 15 is 0 Å². The Morgan fingerprint density at radius 1 is 1.27 bits per heavy atom. The number of nitrogens with one attached hydrogen (secondary N) is 1. The number of rotatable bonds is 3. The van der Waals surface area contributed by atoms with Crippen molar-refractivity contribution in [2.24, 2.45) is 0 Å². The lowest BCUT2D eigenvalue weighted by molar-refractivity contribution is -0.816. The fraction of sp³-hybridized carbons (Fsp3) is 0.500. The van der Waals surface area contributed by atoms with Gasteiger partial charge in [-0.1, -0.05) is 18.2 Å². The van der Waals surface area contributed by atoms with Gasteiger partial charge in [0.15, 0.2) is 0 Å². The van der Waals surface area contributed by atoms with Crippen LogP contribution in [0, 0.1) is 0 Å². The summed E-state index contributed by atoms with van der Waals surface area (Å²) in [6, 6.07) is 9.21. The Kier molecular flexibility index (Phi) is 3.34. The third-order valence-electron chi connectivity index (χ3n) is 4.75. The largest absolute Gasteiger partial charge is 0.625 e. The Balaban J connectivity index is 1.32. The summed E-state index contributed by atoms with van der Waals surface area (Å²) in [6.45, 7) is 2.45. The van der Waals surface area contributed by atoms with Crippen LogP contribution in [-0.2, 0) is 18.7 Å². The van der Waals surface area contributed by atoms with Crippen molar-refractivity contribution in [2.45, 2.75) is 6.10 Å². The number of hydrogen-bond donors (Lipinski definition) is 1. The van der Waals surface area contributed by atoms with Crippen LogP contribution in [0.5, 0.6) is 0 Å². The average Bonchev–Trinajstić information content (AvgIpc) is 3.07. The summed E-state index contributed by atoms with van der Waals surface area (Å²) >= 11 is 0. The van der Waals surface area contributed by atoms with Gasteiger partial charge in [0, 0.05) is 5.69 Å². The second-order valence-corrected chi connectivity index (χ2v) is 6.04. The minimum absolute atomic E-state index is 0.179. The van der Waals surface area contributed by atoms with E-state index < -0.39 is 13.0 Å². The van der Waals surface area contributed by atoms with Crippen LogP contribution in [-0.4, -0.2) is 62.9 Å². The number of quaternary nitrogens is 1. The molecule has 3 aliphatic heterocycles. The number of ether oxygens (including phenoxy) is 1. The van der Waals surface area contributed by atoms with E-state index in [9.17, 15) is 4.79 Å². The van der Waals surface area contributed by atoms with Gasteiger partial charge in [0.1, 0.15) is 12.7 Å². The van der Waals surface area contributed by atoms with Crippen molar-refractivity contribution in [1.29, 1.82) is 0 Å². The average molecular weight is 306 g/mol. The number of benzene rings is 1. The summed E-state index contributed by atoms with van der Waals surface area (Å²) in [5, 5.41) is 2.68. The molecule has 0 radical (unpaired) electrons. The summed E-state index contributed by atoms with van der Waals surface area (Å²) in [7, 11) is 0. The van der Waals surface area contributed by atoms with E-state index in [1.165, 1.54) is 0 Å². The fourth-order valence-electron chi connectivity index (χ4n) is 3.71. The van der Waals surface area contributed by atoms with Gasteiger partial charge in [-0.05, 0) is 12.1 Å². The lowest BCUT2D eigenvalue weighted by atomic mass is 9.94. The first-order chi connectivity index (χ1) is 10.7. The summed E-state index contributed by atoms with van der Waals surface area (Å²) in [4.78, 5) is 11.8. The Bertz CT molecular complexity index is 540. The predicted octanol–water partition coefficient (Wildman–Crippen LogP) is 0.947. The SMILES string of the molecule is O=C(Nc1ccccc1)OC[C@@H]1C[N+]23CCO[B-]2(OCC3)O1. The van der Waals surface area contributed by atoms with Gasteiger partial charge in [0.05, 0.1) is 32.8 Å². The maximum atomic E-state index is 11.8. The number of carbonyl (C=O) groups is 1. The molecule has 118 valence electrons. The van der Waals surface area contributed by atoms with Gasteiger partial charge in [-0.25, -0.2) is 4.79 Å². The first-order valence-electron chi connectivity index (χ1n) is 7.65. The van der Waals surface area contributed by atoms with E-state index in [0.717, 1.165) is 24.0 Å². The number of amides is 1. The molecule has 3 fully saturated rings. The zero-order valence-electron chi connectivity index (χ0n) is 12.3. The van der Waals surface area contributed by atoms with Crippen LogP contribution in [0.1, 0.15) is 0 Å². The van der Waals surface area contributed by atoms with Crippen LogP contribution < -0.4 is 5.32 Å². The van der Waals surface area contributed by atoms with Gasteiger partial charge < -0.3 is 23.1 Å². The van der Waals surface area contributed by atoms with E-state index in [-0.39, 0.29) is 12.7 Å². The Labute approximate surface area is 128 Å². The number of anilines is 1. The van der Waals surface area contributed by atoms with Crippen LogP contribution in [0.15, 0.2) is 30.3 Å². The minimum atomic E-state index is -1.68. The van der Waals surface area contributed by atoms with Crippen molar-refractivity contribution in [3.8, 4) is 0 Å². The minimum Gasteiger partial charge on any atom is -0.481 e. The normalized spacial score (nSPS) is 35.9. The van der Waals surface area contributed by atoms with Gasteiger partial charge in [-0.15, -0.1) is 0 Å². The van der Waals surface area contributed by atoms with Gasteiger partial charge in [-0.3, -0.25) is 5.32 Å². The third kappa shape index (κ3) is 2.19. The molecule has 7 nitrogen and oxygen atoms in total. The zero-order chi connectivity index (χ0) is 15.0. The molecule has 0 spiro atoms. The predicted molar refractivity (Wildman–Crippen MR) is 78.8 cm³/mol. The second kappa shape index (κ2) is 5.24. The first-order valence-corrected chi connectivity index (χ1v) is 7.65. The van der Waals surface area contributed by atoms with Crippen molar-refractivity contribution in [2.75, 3.05) is 44.8 Å². The molecule has 3 saturated heterocycles. The molecule has 3 heterocycles. The van der Waals surface area contributed by atoms with Gasteiger partial charge in [0.25, 0.3) is 0 Å². The summed E-state index contributed by atoms with van der Waals surface area (Å²) in [6.07, 6.45) is -0.657. The molecule has 1 aromatic carbocycles. The second-order valence-electron chi connectivity index (χ2n) is 6.04. The Morgan fingerprint density at radius 3 is 2.68 bits per heavy atom. The molecule has 0 aromatic heterocycles. The third-order valence-corrected chi connectivity index (χ3v) is 4.75. The summed E-state index contributed by atoms with van der Waals surface area (Å²) < 4.78 is 23.5. The van der Waals surface area contributed by atoms with Crippen molar-refractivity contribution in [3.05, 3.63) is 30.3 Å². The van der Waals surface area contributed by atoms with Crippen molar-refractivity contribution in [3.63, 3.8) is 0 Å². The molecule has 1 amide bonds. The number of para-hydroxylation sites is 1. The van der Waals surface area contributed by atoms with Gasteiger partial charge >= 0.3 is 13.0 Å². The van der Waals surface area contributed by atoms with Crippen molar-refractivity contribution < 1.29 is 27.9 Å². The Hall–Kier alpha value is -1.61. The first kappa shape index (κ1) is 14.0. The topological polar surface area (TPSA) is 66.0 Å².